The standard InChI is InChI=1S/C19H14N2O/c22-13-5-7-15-6-4-10-17(14-15)19-20-12-11-18(21-19)16-8-2-1-3-9-16/h1-4,6,8-12,14,22H,13H2. The molecule has 1 aromatic heterocycles. The van der Waals surface area contributed by atoms with Gasteiger partial charge in [0.2, 0.25) is 0 Å². The van der Waals surface area contributed by atoms with Gasteiger partial charge in [-0.25, -0.2) is 9.97 Å². The molecule has 22 heavy (non-hydrogen) atoms. The second-order valence-corrected chi connectivity index (χ2v) is 4.67. The summed E-state index contributed by atoms with van der Waals surface area (Å²) in [6.07, 6.45) is 1.76. The van der Waals surface area contributed by atoms with Crippen LogP contribution in [0.2, 0.25) is 0 Å². The third-order valence-electron chi connectivity index (χ3n) is 3.16. The van der Waals surface area contributed by atoms with E-state index in [4.69, 9.17) is 5.11 Å². The van der Waals surface area contributed by atoms with Gasteiger partial charge in [-0.05, 0) is 18.2 Å². The molecule has 0 saturated heterocycles. The van der Waals surface area contributed by atoms with Crippen LogP contribution in [0.4, 0.5) is 0 Å². The molecular formula is C19H14N2O. The summed E-state index contributed by atoms with van der Waals surface area (Å²) in [5.41, 5.74) is 3.68. The summed E-state index contributed by atoms with van der Waals surface area (Å²) < 4.78 is 0. The second-order valence-electron chi connectivity index (χ2n) is 4.67. The minimum absolute atomic E-state index is 0.149. The van der Waals surface area contributed by atoms with Gasteiger partial charge in [-0.1, -0.05) is 54.3 Å². The second kappa shape index (κ2) is 6.66. The first kappa shape index (κ1) is 14.0. The molecule has 0 saturated carbocycles. The van der Waals surface area contributed by atoms with Crippen molar-refractivity contribution in [3.8, 4) is 34.5 Å². The number of aliphatic hydroxyl groups excluding tert-OH is 1. The fraction of sp³-hybridized carbons (Fsp3) is 0.0526. The molecule has 0 amide bonds. The Bertz CT molecular complexity index is 833. The molecule has 0 atom stereocenters. The van der Waals surface area contributed by atoms with E-state index in [9.17, 15) is 0 Å². The van der Waals surface area contributed by atoms with E-state index in [1.807, 2.05) is 60.7 Å². The Morgan fingerprint density at radius 1 is 0.909 bits per heavy atom. The molecule has 0 bridgehead atoms. The van der Waals surface area contributed by atoms with Crippen LogP contribution in [0, 0.1) is 11.8 Å². The zero-order chi connectivity index (χ0) is 15.2. The summed E-state index contributed by atoms with van der Waals surface area (Å²) in [6.45, 7) is -0.149. The lowest BCUT2D eigenvalue weighted by atomic mass is 10.1. The van der Waals surface area contributed by atoms with Gasteiger partial charge < -0.3 is 5.11 Å². The molecule has 1 N–H and O–H groups in total. The predicted molar refractivity (Wildman–Crippen MR) is 86.9 cm³/mol. The van der Waals surface area contributed by atoms with Gasteiger partial charge in [0, 0.05) is 22.9 Å². The van der Waals surface area contributed by atoms with Crippen LogP contribution in [0.1, 0.15) is 5.56 Å². The van der Waals surface area contributed by atoms with Crippen LogP contribution in [-0.2, 0) is 0 Å². The highest BCUT2D eigenvalue weighted by atomic mass is 16.2. The van der Waals surface area contributed by atoms with Crippen molar-refractivity contribution in [2.75, 3.05) is 6.61 Å². The molecule has 106 valence electrons. The molecule has 3 nitrogen and oxygen atoms in total. The Kier molecular flexibility index (Phi) is 4.24. The molecule has 3 rings (SSSR count). The van der Waals surface area contributed by atoms with Crippen molar-refractivity contribution in [1.82, 2.24) is 9.97 Å². The first-order valence-electron chi connectivity index (χ1n) is 6.95. The number of rotatable bonds is 2. The topological polar surface area (TPSA) is 46.0 Å². The highest BCUT2D eigenvalue weighted by molar-refractivity contribution is 5.64. The molecule has 0 aliphatic heterocycles. The number of benzene rings is 2. The van der Waals surface area contributed by atoms with Gasteiger partial charge in [-0.3, -0.25) is 0 Å². The van der Waals surface area contributed by atoms with Crippen molar-refractivity contribution in [2.24, 2.45) is 0 Å². The van der Waals surface area contributed by atoms with Crippen molar-refractivity contribution < 1.29 is 5.11 Å². The third kappa shape index (κ3) is 3.20. The predicted octanol–water partition coefficient (Wildman–Crippen LogP) is 3.15. The number of hydrogen-bond acceptors (Lipinski definition) is 3. The van der Waals surface area contributed by atoms with Crippen LogP contribution in [0.15, 0.2) is 66.9 Å². The monoisotopic (exact) mass is 286 g/mol. The van der Waals surface area contributed by atoms with E-state index in [0.29, 0.717) is 5.82 Å². The first-order valence-corrected chi connectivity index (χ1v) is 6.95. The Hall–Kier alpha value is -2.96. The lowest BCUT2D eigenvalue weighted by Gasteiger charge is -2.04. The molecule has 0 unspecified atom stereocenters. The average Bonchev–Trinajstić information content (AvgIpc) is 2.61. The fourth-order valence-electron chi connectivity index (χ4n) is 2.15. The average molecular weight is 286 g/mol. The maximum Gasteiger partial charge on any atom is 0.159 e. The minimum Gasteiger partial charge on any atom is -0.384 e. The first-order chi connectivity index (χ1) is 10.9. The van der Waals surface area contributed by atoms with E-state index in [0.717, 1.165) is 22.4 Å². The number of hydrogen-bond donors (Lipinski definition) is 1. The van der Waals surface area contributed by atoms with Gasteiger partial charge in [0.25, 0.3) is 0 Å². The van der Waals surface area contributed by atoms with Gasteiger partial charge in [-0.15, -0.1) is 0 Å². The van der Waals surface area contributed by atoms with E-state index in [1.54, 1.807) is 6.20 Å². The Morgan fingerprint density at radius 3 is 2.55 bits per heavy atom. The van der Waals surface area contributed by atoms with Crippen molar-refractivity contribution in [2.45, 2.75) is 0 Å². The highest BCUT2D eigenvalue weighted by Gasteiger charge is 2.04. The lowest BCUT2D eigenvalue weighted by molar-refractivity contribution is 0.350. The van der Waals surface area contributed by atoms with E-state index >= 15 is 0 Å². The van der Waals surface area contributed by atoms with Crippen LogP contribution in [0.25, 0.3) is 22.6 Å². The normalized spacial score (nSPS) is 9.86. The molecule has 0 spiro atoms. The molecule has 2 aromatic carbocycles. The summed E-state index contributed by atoms with van der Waals surface area (Å²) in [6, 6.07) is 19.6. The number of aromatic nitrogens is 2. The van der Waals surface area contributed by atoms with E-state index in [-0.39, 0.29) is 6.61 Å². The zero-order valence-corrected chi connectivity index (χ0v) is 11.9. The van der Waals surface area contributed by atoms with Crippen LogP contribution in [0.3, 0.4) is 0 Å². The van der Waals surface area contributed by atoms with Crippen LogP contribution < -0.4 is 0 Å². The molecule has 0 fully saturated rings. The molecule has 3 heteroatoms. The molecule has 0 aliphatic rings. The zero-order valence-electron chi connectivity index (χ0n) is 11.9. The smallest absolute Gasteiger partial charge is 0.159 e. The minimum atomic E-state index is -0.149. The van der Waals surface area contributed by atoms with Gasteiger partial charge >= 0.3 is 0 Å². The summed E-state index contributed by atoms with van der Waals surface area (Å²) >= 11 is 0. The van der Waals surface area contributed by atoms with Gasteiger partial charge in [0.05, 0.1) is 5.69 Å². The molecule has 0 aliphatic carbocycles. The molecular weight excluding hydrogens is 272 g/mol. The van der Waals surface area contributed by atoms with Crippen molar-refractivity contribution in [1.29, 1.82) is 0 Å². The molecule has 3 aromatic rings. The van der Waals surface area contributed by atoms with Crippen molar-refractivity contribution in [3.05, 3.63) is 72.4 Å². The van der Waals surface area contributed by atoms with Gasteiger partial charge in [0.1, 0.15) is 6.61 Å². The van der Waals surface area contributed by atoms with Crippen LogP contribution >= 0.6 is 0 Å². The maximum atomic E-state index is 8.78. The number of nitrogens with zero attached hydrogens (tertiary/aromatic N) is 2. The lowest BCUT2D eigenvalue weighted by Crippen LogP contribution is -1.92. The Balaban J connectivity index is 1.99. The quantitative estimate of drug-likeness (QED) is 0.736. The summed E-state index contributed by atoms with van der Waals surface area (Å²) in [5.74, 6) is 6.20. The van der Waals surface area contributed by atoms with E-state index < -0.39 is 0 Å². The van der Waals surface area contributed by atoms with E-state index in [1.165, 1.54) is 0 Å². The van der Waals surface area contributed by atoms with E-state index in [2.05, 4.69) is 21.8 Å². The van der Waals surface area contributed by atoms with Crippen LogP contribution in [0.5, 0.6) is 0 Å². The Morgan fingerprint density at radius 2 is 1.73 bits per heavy atom. The maximum absolute atomic E-state index is 8.78. The largest absolute Gasteiger partial charge is 0.384 e. The fourth-order valence-corrected chi connectivity index (χ4v) is 2.15. The van der Waals surface area contributed by atoms with Gasteiger partial charge in [0.15, 0.2) is 5.82 Å². The third-order valence-corrected chi connectivity index (χ3v) is 3.16. The number of aliphatic hydroxyl groups is 1. The summed E-state index contributed by atoms with van der Waals surface area (Å²) in [4.78, 5) is 8.97. The van der Waals surface area contributed by atoms with Gasteiger partial charge in [-0.2, -0.15) is 0 Å². The van der Waals surface area contributed by atoms with Crippen molar-refractivity contribution >= 4 is 0 Å². The highest BCUT2D eigenvalue weighted by Crippen LogP contribution is 2.21. The molecule has 0 radical (unpaired) electrons. The summed E-state index contributed by atoms with van der Waals surface area (Å²) in [5, 5.41) is 8.78. The molecule has 1 heterocycles. The summed E-state index contributed by atoms with van der Waals surface area (Å²) in [7, 11) is 0. The van der Waals surface area contributed by atoms with Crippen molar-refractivity contribution in [3.63, 3.8) is 0 Å². The van der Waals surface area contributed by atoms with Crippen LogP contribution in [-0.4, -0.2) is 21.7 Å². The SMILES string of the molecule is OCC#Cc1cccc(-c2nccc(-c3ccccc3)n2)c1. The Labute approximate surface area is 129 Å².